The first-order valence-corrected chi connectivity index (χ1v) is 6.84. The average Bonchev–Trinajstić information content (AvgIpc) is 2.63. The Hall–Kier alpha value is -0.990. The van der Waals surface area contributed by atoms with Crippen molar-refractivity contribution in [3.05, 3.63) is 50.7 Å². The zero-order valence-electron chi connectivity index (χ0n) is 10.3. The number of nitrogens with one attached hydrogen (secondary N) is 1. The van der Waals surface area contributed by atoms with Gasteiger partial charge in [-0.05, 0) is 56.2 Å². The van der Waals surface area contributed by atoms with Gasteiger partial charge < -0.3 is 5.32 Å². The van der Waals surface area contributed by atoms with Crippen LogP contribution in [0.15, 0.2) is 30.3 Å². The number of rotatable bonds is 3. The fourth-order valence-electron chi connectivity index (χ4n) is 1.94. The number of thiophene rings is 1. The van der Waals surface area contributed by atoms with Crippen LogP contribution in [0.5, 0.6) is 0 Å². The maximum atomic E-state index is 5.95. The van der Waals surface area contributed by atoms with Crippen molar-refractivity contribution in [2.24, 2.45) is 0 Å². The second-order valence-electron chi connectivity index (χ2n) is 4.38. The van der Waals surface area contributed by atoms with Crippen LogP contribution in [0.3, 0.4) is 0 Å². The lowest BCUT2D eigenvalue weighted by molar-refractivity contribution is 0.907. The van der Waals surface area contributed by atoms with Crippen molar-refractivity contribution in [1.82, 2.24) is 0 Å². The summed E-state index contributed by atoms with van der Waals surface area (Å²) in [4.78, 5) is 1.26. The van der Waals surface area contributed by atoms with Crippen LogP contribution in [0.25, 0.3) is 0 Å². The molecular weight excluding hydrogens is 250 g/mol. The van der Waals surface area contributed by atoms with Gasteiger partial charge in [-0.15, -0.1) is 11.3 Å². The molecule has 0 saturated heterocycles. The van der Waals surface area contributed by atoms with Crippen molar-refractivity contribution in [3.8, 4) is 0 Å². The molecule has 1 N–H and O–H groups in total. The summed E-state index contributed by atoms with van der Waals surface area (Å²) in [5.41, 5.74) is 3.73. The van der Waals surface area contributed by atoms with Crippen molar-refractivity contribution in [3.63, 3.8) is 0 Å². The molecule has 1 heterocycles. The van der Waals surface area contributed by atoms with Gasteiger partial charge in [0.1, 0.15) is 0 Å². The fourth-order valence-corrected chi connectivity index (χ4v) is 3.00. The largest absolute Gasteiger partial charge is 0.378 e. The van der Waals surface area contributed by atoms with Crippen LogP contribution in [0.2, 0.25) is 4.34 Å². The summed E-state index contributed by atoms with van der Waals surface area (Å²) in [6.45, 7) is 6.38. The van der Waals surface area contributed by atoms with Crippen molar-refractivity contribution >= 4 is 28.6 Å². The third-order valence-electron chi connectivity index (χ3n) is 2.63. The summed E-state index contributed by atoms with van der Waals surface area (Å²) in [6.07, 6.45) is 0. The molecule has 0 amide bonds. The van der Waals surface area contributed by atoms with Crippen molar-refractivity contribution in [1.29, 1.82) is 0 Å². The van der Waals surface area contributed by atoms with E-state index >= 15 is 0 Å². The van der Waals surface area contributed by atoms with Gasteiger partial charge in [-0.2, -0.15) is 0 Å². The van der Waals surface area contributed by atoms with Gasteiger partial charge >= 0.3 is 0 Å². The van der Waals surface area contributed by atoms with Gasteiger partial charge in [0.05, 0.1) is 10.4 Å². The van der Waals surface area contributed by atoms with Gasteiger partial charge in [0.25, 0.3) is 0 Å². The summed E-state index contributed by atoms with van der Waals surface area (Å²) in [6, 6.07) is 10.8. The zero-order chi connectivity index (χ0) is 12.4. The minimum Gasteiger partial charge on any atom is -0.378 e. The van der Waals surface area contributed by atoms with E-state index in [0.29, 0.717) is 0 Å². The van der Waals surface area contributed by atoms with Gasteiger partial charge in [0.15, 0.2) is 0 Å². The molecule has 0 spiro atoms. The van der Waals surface area contributed by atoms with E-state index in [9.17, 15) is 0 Å². The molecule has 0 bridgehead atoms. The molecule has 0 aliphatic heterocycles. The summed E-state index contributed by atoms with van der Waals surface area (Å²) in [5, 5.41) is 3.50. The number of hydrogen-bond acceptors (Lipinski definition) is 2. The molecule has 1 atom stereocenters. The Kier molecular flexibility index (Phi) is 3.75. The lowest BCUT2D eigenvalue weighted by Gasteiger charge is -2.14. The number of hydrogen-bond donors (Lipinski definition) is 1. The molecule has 1 aromatic carbocycles. The Balaban J connectivity index is 2.15. The summed E-state index contributed by atoms with van der Waals surface area (Å²) >= 11 is 7.58. The van der Waals surface area contributed by atoms with E-state index in [1.165, 1.54) is 21.7 Å². The van der Waals surface area contributed by atoms with Gasteiger partial charge in [-0.1, -0.05) is 17.7 Å². The van der Waals surface area contributed by atoms with Crippen LogP contribution in [-0.2, 0) is 0 Å². The number of aryl methyl sites for hydroxylation is 2. The molecule has 2 rings (SSSR count). The minimum absolute atomic E-state index is 0.286. The van der Waals surface area contributed by atoms with Gasteiger partial charge in [0.2, 0.25) is 0 Å². The molecule has 0 radical (unpaired) electrons. The fraction of sp³-hybridized carbons (Fsp3) is 0.286. The molecular formula is C14H16ClNS. The van der Waals surface area contributed by atoms with Crippen LogP contribution in [0, 0.1) is 13.8 Å². The molecule has 1 nitrogen and oxygen atoms in total. The Morgan fingerprint density at radius 1 is 1.12 bits per heavy atom. The predicted molar refractivity (Wildman–Crippen MR) is 77.3 cm³/mol. The third-order valence-corrected chi connectivity index (χ3v) is 4.04. The average molecular weight is 266 g/mol. The lowest BCUT2D eigenvalue weighted by atomic mass is 10.1. The SMILES string of the molecule is Cc1cc(C)cc(NC(C)c2ccc(Cl)s2)c1. The van der Waals surface area contributed by atoms with Crippen LogP contribution in [0.1, 0.15) is 29.0 Å². The first kappa shape index (κ1) is 12.5. The van der Waals surface area contributed by atoms with E-state index < -0.39 is 0 Å². The number of anilines is 1. The highest BCUT2D eigenvalue weighted by molar-refractivity contribution is 7.16. The highest BCUT2D eigenvalue weighted by Gasteiger charge is 2.08. The lowest BCUT2D eigenvalue weighted by Crippen LogP contribution is -2.05. The van der Waals surface area contributed by atoms with Gasteiger partial charge in [-0.25, -0.2) is 0 Å². The molecule has 3 heteroatoms. The van der Waals surface area contributed by atoms with E-state index in [0.717, 1.165) is 4.34 Å². The van der Waals surface area contributed by atoms with Gasteiger partial charge in [-0.3, -0.25) is 0 Å². The van der Waals surface area contributed by atoms with Crippen LogP contribution in [0.4, 0.5) is 5.69 Å². The normalized spacial score (nSPS) is 12.5. The topological polar surface area (TPSA) is 12.0 Å². The van der Waals surface area contributed by atoms with Crippen LogP contribution in [-0.4, -0.2) is 0 Å². The second-order valence-corrected chi connectivity index (χ2v) is 6.13. The van der Waals surface area contributed by atoms with E-state index in [-0.39, 0.29) is 6.04 Å². The standard InChI is InChI=1S/C14H16ClNS/c1-9-6-10(2)8-12(7-9)16-11(3)13-4-5-14(15)17-13/h4-8,11,16H,1-3H3. The first-order chi connectivity index (χ1) is 8.04. The van der Waals surface area contributed by atoms with Crippen molar-refractivity contribution in [2.75, 3.05) is 5.32 Å². The molecule has 0 aliphatic carbocycles. The molecule has 1 unspecified atom stereocenters. The number of halogens is 1. The third kappa shape index (κ3) is 3.24. The van der Waals surface area contributed by atoms with Crippen LogP contribution < -0.4 is 5.32 Å². The second kappa shape index (κ2) is 5.11. The Labute approximate surface area is 111 Å². The van der Waals surface area contributed by atoms with E-state index in [1.54, 1.807) is 11.3 Å². The highest BCUT2D eigenvalue weighted by atomic mass is 35.5. The summed E-state index contributed by atoms with van der Waals surface area (Å²) < 4.78 is 0.842. The summed E-state index contributed by atoms with van der Waals surface area (Å²) in [7, 11) is 0. The van der Waals surface area contributed by atoms with Crippen molar-refractivity contribution in [2.45, 2.75) is 26.8 Å². The monoisotopic (exact) mass is 265 g/mol. The Morgan fingerprint density at radius 3 is 2.29 bits per heavy atom. The Morgan fingerprint density at radius 2 is 1.76 bits per heavy atom. The first-order valence-electron chi connectivity index (χ1n) is 5.64. The minimum atomic E-state index is 0.286. The predicted octanol–water partition coefficient (Wildman–Crippen LogP) is 5.19. The molecule has 0 fully saturated rings. The molecule has 90 valence electrons. The van der Waals surface area contributed by atoms with Crippen molar-refractivity contribution < 1.29 is 0 Å². The molecule has 17 heavy (non-hydrogen) atoms. The van der Waals surface area contributed by atoms with E-state index in [2.05, 4.69) is 50.4 Å². The molecule has 2 aromatic rings. The molecule has 1 aromatic heterocycles. The number of benzene rings is 1. The zero-order valence-corrected chi connectivity index (χ0v) is 11.8. The quantitative estimate of drug-likeness (QED) is 0.805. The Bertz CT molecular complexity index is 498. The highest BCUT2D eigenvalue weighted by Crippen LogP contribution is 2.29. The van der Waals surface area contributed by atoms with Gasteiger partial charge in [0, 0.05) is 10.6 Å². The van der Waals surface area contributed by atoms with Crippen LogP contribution >= 0.6 is 22.9 Å². The maximum absolute atomic E-state index is 5.95. The molecule has 0 saturated carbocycles. The van der Waals surface area contributed by atoms with E-state index in [1.807, 2.05) is 6.07 Å². The summed E-state index contributed by atoms with van der Waals surface area (Å²) in [5.74, 6) is 0. The smallest absolute Gasteiger partial charge is 0.0932 e. The van der Waals surface area contributed by atoms with E-state index in [4.69, 9.17) is 11.6 Å². The molecule has 0 aliphatic rings. The maximum Gasteiger partial charge on any atom is 0.0932 e.